The van der Waals surface area contributed by atoms with Gasteiger partial charge in [0.2, 0.25) is 0 Å². The first-order valence-corrected chi connectivity index (χ1v) is 8.31. The van der Waals surface area contributed by atoms with Gasteiger partial charge < -0.3 is 9.80 Å². The van der Waals surface area contributed by atoms with Crippen LogP contribution in [0.2, 0.25) is 0 Å². The lowest BCUT2D eigenvalue weighted by Crippen LogP contribution is -2.10. The van der Waals surface area contributed by atoms with Crippen LogP contribution in [-0.4, -0.2) is 33.2 Å². The van der Waals surface area contributed by atoms with Crippen molar-refractivity contribution in [3.8, 4) is 0 Å². The van der Waals surface area contributed by atoms with Crippen LogP contribution in [0.3, 0.4) is 0 Å². The van der Waals surface area contributed by atoms with E-state index < -0.39 is 0 Å². The fraction of sp³-hybridized carbons (Fsp3) is 0.500. The molecular formula is C18H29N3S. The van der Waals surface area contributed by atoms with Gasteiger partial charge in [-0.15, -0.1) is 11.3 Å². The normalized spacial score (nSPS) is 10.0. The van der Waals surface area contributed by atoms with Crippen LogP contribution < -0.4 is 9.80 Å². The molecule has 2 rings (SSSR count). The van der Waals surface area contributed by atoms with Gasteiger partial charge in [-0.05, 0) is 57.4 Å². The zero-order valence-corrected chi connectivity index (χ0v) is 16.2. The monoisotopic (exact) mass is 319 g/mol. The van der Waals surface area contributed by atoms with E-state index in [9.17, 15) is 0 Å². The van der Waals surface area contributed by atoms with Crippen LogP contribution in [0.15, 0.2) is 12.1 Å². The van der Waals surface area contributed by atoms with Gasteiger partial charge in [-0.25, -0.2) is 4.98 Å². The van der Waals surface area contributed by atoms with Crippen LogP contribution in [0.5, 0.6) is 0 Å². The van der Waals surface area contributed by atoms with Gasteiger partial charge in [-0.1, -0.05) is 6.07 Å². The van der Waals surface area contributed by atoms with E-state index in [2.05, 4.69) is 63.8 Å². The molecule has 2 aromatic rings. The summed E-state index contributed by atoms with van der Waals surface area (Å²) in [5.74, 6) is 0. The third-order valence-corrected chi connectivity index (χ3v) is 4.93. The summed E-state index contributed by atoms with van der Waals surface area (Å²) in [6.07, 6.45) is 0. The molecule has 0 aliphatic carbocycles. The van der Waals surface area contributed by atoms with Crippen LogP contribution in [-0.2, 0) is 0 Å². The van der Waals surface area contributed by atoms with Crippen molar-refractivity contribution in [2.75, 3.05) is 38.0 Å². The average molecular weight is 320 g/mol. The van der Waals surface area contributed by atoms with Gasteiger partial charge in [-0.3, -0.25) is 0 Å². The molecule has 1 aromatic carbocycles. The highest BCUT2D eigenvalue weighted by Crippen LogP contribution is 2.23. The Balaban J connectivity index is 0.000000224. The second-order valence-corrected chi connectivity index (χ2v) is 7.33. The van der Waals surface area contributed by atoms with Gasteiger partial charge in [0.25, 0.3) is 0 Å². The number of anilines is 2. The fourth-order valence-electron chi connectivity index (χ4n) is 2.07. The van der Waals surface area contributed by atoms with E-state index in [1.807, 2.05) is 25.9 Å². The second kappa shape index (κ2) is 7.63. The zero-order chi connectivity index (χ0) is 17.0. The number of aromatic nitrogens is 1. The SMILES string of the molecule is Cc1cc(C)c(N(C)C)cc1C.Cc1nc(N(C)C)sc1C. The molecule has 0 N–H and O–H groups in total. The molecule has 4 heteroatoms. The molecule has 0 amide bonds. The third-order valence-electron chi connectivity index (χ3n) is 3.69. The van der Waals surface area contributed by atoms with Gasteiger partial charge in [-0.2, -0.15) is 0 Å². The van der Waals surface area contributed by atoms with E-state index in [-0.39, 0.29) is 0 Å². The highest BCUT2D eigenvalue weighted by atomic mass is 32.1. The molecule has 3 nitrogen and oxygen atoms in total. The first-order chi connectivity index (χ1) is 10.1. The summed E-state index contributed by atoms with van der Waals surface area (Å²) in [6, 6.07) is 4.48. The number of benzene rings is 1. The molecule has 122 valence electrons. The van der Waals surface area contributed by atoms with Gasteiger partial charge >= 0.3 is 0 Å². The Bertz CT molecular complexity index is 608. The fourth-order valence-corrected chi connectivity index (χ4v) is 2.91. The smallest absolute Gasteiger partial charge is 0.185 e. The molecule has 0 radical (unpaired) electrons. The average Bonchev–Trinajstić information content (AvgIpc) is 2.75. The molecule has 1 aromatic heterocycles. The highest BCUT2D eigenvalue weighted by molar-refractivity contribution is 7.15. The minimum atomic E-state index is 1.09. The van der Waals surface area contributed by atoms with Crippen molar-refractivity contribution < 1.29 is 0 Å². The number of thiazole rings is 1. The molecule has 0 bridgehead atoms. The summed E-state index contributed by atoms with van der Waals surface area (Å²) in [6.45, 7) is 10.6. The highest BCUT2D eigenvalue weighted by Gasteiger charge is 2.03. The van der Waals surface area contributed by atoms with E-state index in [1.54, 1.807) is 11.3 Å². The predicted octanol–water partition coefficient (Wildman–Crippen LogP) is 4.50. The maximum Gasteiger partial charge on any atom is 0.185 e. The minimum absolute atomic E-state index is 1.09. The van der Waals surface area contributed by atoms with Crippen LogP contribution in [0.25, 0.3) is 0 Å². The Morgan fingerprint density at radius 1 is 0.773 bits per heavy atom. The lowest BCUT2D eigenvalue weighted by Gasteiger charge is -2.17. The molecule has 1 heterocycles. The van der Waals surface area contributed by atoms with Crippen molar-refractivity contribution in [2.45, 2.75) is 34.6 Å². The van der Waals surface area contributed by atoms with Crippen LogP contribution in [0.4, 0.5) is 10.8 Å². The number of rotatable bonds is 2. The van der Waals surface area contributed by atoms with Crippen molar-refractivity contribution in [1.82, 2.24) is 4.98 Å². The largest absolute Gasteiger partial charge is 0.377 e. The summed E-state index contributed by atoms with van der Waals surface area (Å²) >= 11 is 1.74. The zero-order valence-electron chi connectivity index (χ0n) is 15.4. The standard InChI is InChI=1S/C11H17N.C7H12N2S/c1-8-6-10(3)11(12(4)5)7-9(8)2;1-5-6(2)10-7(8-5)9(3)4/h6-7H,1-5H3;1-4H3. The van der Waals surface area contributed by atoms with Gasteiger partial charge in [0, 0.05) is 38.8 Å². The molecule has 0 aliphatic heterocycles. The molecule has 0 atom stereocenters. The van der Waals surface area contributed by atoms with Crippen LogP contribution >= 0.6 is 11.3 Å². The summed E-state index contributed by atoms with van der Waals surface area (Å²) < 4.78 is 0. The molecule has 0 saturated heterocycles. The lowest BCUT2D eigenvalue weighted by molar-refractivity contribution is 1.08. The maximum atomic E-state index is 4.35. The van der Waals surface area contributed by atoms with E-state index >= 15 is 0 Å². The van der Waals surface area contributed by atoms with Crippen molar-refractivity contribution in [1.29, 1.82) is 0 Å². The lowest BCUT2D eigenvalue weighted by atomic mass is 10.0. The first-order valence-electron chi connectivity index (χ1n) is 7.50. The molecule has 22 heavy (non-hydrogen) atoms. The molecule has 0 saturated carbocycles. The topological polar surface area (TPSA) is 19.4 Å². The molecular weight excluding hydrogens is 290 g/mol. The summed E-state index contributed by atoms with van der Waals surface area (Å²) in [7, 11) is 8.18. The Morgan fingerprint density at radius 2 is 1.32 bits per heavy atom. The molecule has 0 unspecified atom stereocenters. The Labute approximate surface area is 139 Å². The van der Waals surface area contributed by atoms with E-state index in [0.717, 1.165) is 10.8 Å². The van der Waals surface area contributed by atoms with E-state index in [0.29, 0.717) is 0 Å². The third kappa shape index (κ3) is 4.73. The van der Waals surface area contributed by atoms with Crippen molar-refractivity contribution in [3.05, 3.63) is 39.4 Å². The quantitative estimate of drug-likeness (QED) is 0.812. The molecule has 0 aliphatic rings. The van der Waals surface area contributed by atoms with Gasteiger partial charge in [0.1, 0.15) is 0 Å². The van der Waals surface area contributed by atoms with E-state index in [1.165, 1.54) is 27.3 Å². The van der Waals surface area contributed by atoms with Crippen molar-refractivity contribution in [3.63, 3.8) is 0 Å². The Kier molecular flexibility index (Phi) is 6.42. The maximum absolute atomic E-state index is 4.35. The Morgan fingerprint density at radius 3 is 1.68 bits per heavy atom. The van der Waals surface area contributed by atoms with Gasteiger partial charge in [0.15, 0.2) is 5.13 Å². The number of hydrogen-bond donors (Lipinski definition) is 0. The number of hydrogen-bond acceptors (Lipinski definition) is 4. The summed E-state index contributed by atoms with van der Waals surface area (Å²) in [5.41, 5.74) is 6.55. The first kappa shape index (κ1) is 18.5. The summed E-state index contributed by atoms with van der Waals surface area (Å²) in [5, 5.41) is 1.09. The molecule has 0 fully saturated rings. The van der Waals surface area contributed by atoms with E-state index in [4.69, 9.17) is 0 Å². The number of nitrogens with zero attached hydrogens (tertiary/aromatic N) is 3. The van der Waals surface area contributed by atoms with Gasteiger partial charge in [0.05, 0.1) is 5.69 Å². The Hall–Kier alpha value is -1.55. The second-order valence-electron chi connectivity index (χ2n) is 6.15. The van der Waals surface area contributed by atoms with Crippen LogP contribution in [0, 0.1) is 34.6 Å². The predicted molar refractivity (Wildman–Crippen MR) is 101 cm³/mol. The van der Waals surface area contributed by atoms with Crippen molar-refractivity contribution >= 4 is 22.2 Å². The summed E-state index contributed by atoms with van der Waals surface area (Å²) in [4.78, 5) is 9.85. The minimum Gasteiger partial charge on any atom is -0.377 e. The van der Waals surface area contributed by atoms with Crippen molar-refractivity contribution in [2.24, 2.45) is 0 Å². The van der Waals surface area contributed by atoms with Crippen LogP contribution in [0.1, 0.15) is 27.3 Å². The molecule has 0 spiro atoms. The number of aryl methyl sites for hydroxylation is 5.